The highest BCUT2D eigenvalue weighted by Crippen LogP contribution is 2.27. The van der Waals surface area contributed by atoms with Gasteiger partial charge in [-0.1, -0.05) is 17.4 Å². The molecule has 0 saturated carbocycles. The molecule has 0 aliphatic carbocycles. The van der Waals surface area contributed by atoms with Crippen molar-refractivity contribution >= 4 is 21.4 Å². The van der Waals surface area contributed by atoms with Gasteiger partial charge in [0.15, 0.2) is 11.5 Å². The average Bonchev–Trinajstić information content (AvgIpc) is 2.97. The largest absolute Gasteiger partial charge is 0.493 e. The molecule has 7 nitrogen and oxygen atoms in total. The Kier molecular flexibility index (Phi) is 4.66. The highest BCUT2D eigenvalue weighted by Gasteiger charge is 2.08. The number of aryl methyl sites for hydroxylation is 1. The molecule has 0 unspecified atom stereocenters. The summed E-state index contributed by atoms with van der Waals surface area (Å²) in [5.41, 5.74) is 1.65. The molecule has 2 aromatic heterocycles. The molecule has 8 heteroatoms. The van der Waals surface area contributed by atoms with E-state index < -0.39 is 0 Å². The minimum Gasteiger partial charge on any atom is -0.493 e. The number of rotatable bonds is 6. The molecular formula is C16H18N4O3S. The first-order chi connectivity index (χ1) is 11.6. The number of methoxy groups -OCH3 is 2. The molecule has 2 heterocycles. The Labute approximate surface area is 142 Å². The molecule has 1 N–H and O–H groups in total. The van der Waals surface area contributed by atoms with E-state index in [4.69, 9.17) is 9.47 Å². The Morgan fingerprint density at radius 1 is 1.21 bits per heavy atom. The zero-order valence-corrected chi connectivity index (χ0v) is 14.5. The van der Waals surface area contributed by atoms with Crippen molar-refractivity contribution in [3.05, 3.63) is 45.9 Å². The highest BCUT2D eigenvalue weighted by atomic mass is 32.1. The van der Waals surface area contributed by atoms with Crippen molar-refractivity contribution in [3.8, 4) is 11.5 Å². The Morgan fingerprint density at radius 2 is 2.00 bits per heavy atom. The number of ether oxygens (including phenoxy) is 2. The Balaban J connectivity index is 1.68. The lowest BCUT2D eigenvalue weighted by molar-refractivity contribution is 0.354. The van der Waals surface area contributed by atoms with E-state index >= 15 is 0 Å². The molecule has 0 fully saturated rings. The van der Waals surface area contributed by atoms with Crippen LogP contribution in [-0.4, -0.2) is 35.4 Å². The van der Waals surface area contributed by atoms with Gasteiger partial charge in [0.05, 0.1) is 14.2 Å². The quantitative estimate of drug-likeness (QED) is 0.737. The second-order valence-electron chi connectivity index (χ2n) is 5.20. The van der Waals surface area contributed by atoms with Crippen LogP contribution in [0.5, 0.6) is 11.5 Å². The average molecular weight is 346 g/mol. The minimum atomic E-state index is -0.165. The lowest BCUT2D eigenvalue weighted by Crippen LogP contribution is -2.14. The Hall–Kier alpha value is -2.61. The molecule has 0 atom stereocenters. The van der Waals surface area contributed by atoms with Gasteiger partial charge in [0, 0.05) is 18.3 Å². The number of anilines is 1. The standard InChI is InChI=1S/C16H18N4O3S/c1-10-8-14(21)20-16(18-10)24-15(19-20)17-7-6-11-4-5-12(22-2)13(9-11)23-3/h4-5,8-9H,6-7H2,1-3H3,(H,17,19). The Morgan fingerprint density at radius 3 is 2.75 bits per heavy atom. The van der Waals surface area contributed by atoms with Crippen LogP contribution < -0.4 is 20.3 Å². The van der Waals surface area contributed by atoms with E-state index in [9.17, 15) is 4.79 Å². The van der Waals surface area contributed by atoms with Crippen molar-refractivity contribution in [1.29, 1.82) is 0 Å². The van der Waals surface area contributed by atoms with Gasteiger partial charge in [-0.2, -0.15) is 4.52 Å². The first-order valence-electron chi connectivity index (χ1n) is 7.43. The van der Waals surface area contributed by atoms with Crippen molar-refractivity contribution in [1.82, 2.24) is 14.6 Å². The summed E-state index contributed by atoms with van der Waals surface area (Å²) in [5.74, 6) is 1.42. The summed E-state index contributed by atoms with van der Waals surface area (Å²) < 4.78 is 11.9. The van der Waals surface area contributed by atoms with Gasteiger partial charge in [0.2, 0.25) is 10.1 Å². The second-order valence-corrected chi connectivity index (χ2v) is 6.16. The van der Waals surface area contributed by atoms with Gasteiger partial charge >= 0.3 is 0 Å². The van der Waals surface area contributed by atoms with Gasteiger partial charge in [-0.25, -0.2) is 4.98 Å². The van der Waals surface area contributed by atoms with Crippen LogP contribution in [-0.2, 0) is 6.42 Å². The van der Waals surface area contributed by atoms with Gasteiger partial charge in [0.25, 0.3) is 5.56 Å². The second kappa shape index (κ2) is 6.88. The van der Waals surface area contributed by atoms with Crippen molar-refractivity contribution in [2.24, 2.45) is 0 Å². The van der Waals surface area contributed by atoms with Crippen LogP contribution in [0.25, 0.3) is 4.96 Å². The summed E-state index contributed by atoms with van der Waals surface area (Å²) in [4.78, 5) is 16.8. The van der Waals surface area contributed by atoms with Gasteiger partial charge in [-0.3, -0.25) is 4.79 Å². The monoisotopic (exact) mass is 346 g/mol. The third-order valence-corrected chi connectivity index (χ3v) is 4.38. The molecule has 0 saturated heterocycles. The van der Waals surface area contributed by atoms with E-state index in [1.807, 2.05) is 18.2 Å². The lowest BCUT2D eigenvalue weighted by atomic mass is 10.1. The molecule has 0 radical (unpaired) electrons. The maximum Gasteiger partial charge on any atom is 0.275 e. The van der Waals surface area contributed by atoms with Crippen molar-refractivity contribution < 1.29 is 9.47 Å². The molecule has 3 aromatic rings. The maximum absolute atomic E-state index is 11.9. The third-order valence-electron chi connectivity index (χ3n) is 3.51. The van der Waals surface area contributed by atoms with Crippen LogP contribution in [0.4, 0.5) is 5.13 Å². The molecule has 0 aliphatic rings. The first-order valence-corrected chi connectivity index (χ1v) is 8.24. The lowest BCUT2D eigenvalue weighted by Gasteiger charge is -2.09. The summed E-state index contributed by atoms with van der Waals surface area (Å²) in [7, 11) is 3.23. The number of nitrogens with one attached hydrogen (secondary N) is 1. The molecule has 0 aliphatic heterocycles. The molecular weight excluding hydrogens is 328 g/mol. The zero-order valence-electron chi connectivity index (χ0n) is 13.7. The van der Waals surface area contributed by atoms with Gasteiger partial charge in [-0.15, -0.1) is 5.10 Å². The van der Waals surface area contributed by atoms with Crippen LogP contribution >= 0.6 is 11.3 Å². The predicted octanol–water partition coefficient (Wildman–Crippen LogP) is 2.13. The Bertz CT molecular complexity index is 919. The minimum absolute atomic E-state index is 0.165. The van der Waals surface area contributed by atoms with E-state index in [0.29, 0.717) is 33.8 Å². The van der Waals surface area contributed by atoms with Crippen LogP contribution in [0.1, 0.15) is 11.3 Å². The topological polar surface area (TPSA) is 77.8 Å². The van der Waals surface area contributed by atoms with Gasteiger partial charge in [-0.05, 0) is 31.0 Å². The number of aromatic nitrogens is 3. The third kappa shape index (κ3) is 3.33. The van der Waals surface area contributed by atoms with E-state index in [1.165, 1.54) is 21.9 Å². The van der Waals surface area contributed by atoms with Crippen molar-refractivity contribution in [2.45, 2.75) is 13.3 Å². The first kappa shape index (κ1) is 16.3. The fraction of sp³-hybridized carbons (Fsp3) is 0.312. The summed E-state index contributed by atoms with van der Waals surface area (Å²) in [5, 5.41) is 8.15. The van der Waals surface area contributed by atoms with E-state index in [0.717, 1.165) is 12.0 Å². The number of benzene rings is 1. The van der Waals surface area contributed by atoms with Crippen molar-refractivity contribution in [3.63, 3.8) is 0 Å². The normalized spacial score (nSPS) is 10.8. The van der Waals surface area contributed by atoms with Crippen LogP contribution in [0, 0.1) is 6.92 Å². The molecule has 0 spiro atoms. The summed E-state index contributed by atoms with van der Waals surface area (Å²) in [6.45, 7) is 2.48. The number of fused-ring (bicyclic) bond motifs is 1. The number of hydrogen-bond acceptors (Lipinski definition) is 7. The highest BCUT2D eigenvalue weighted by molar-refractivity contribution is 7.20. The molecule has 126 valence electrons. The molecule has 3 rings (SSSR count). The van der Waals surface area contributed by atoms with Crippen LogP contribution in [0.3, 0.4) is 0 Å². The van der Waals surface area contributed by atoms with Crippen LogP contribution in [0.15, 0.2) is 29.1 Å². The van der Waals surface area contributed by atoms with Gasteiger partial charge in [0.1, 0.15) is 0 Å². The smallest absolute Gasteiger partial charge is 0.275 e. The maximum atomic E-state index is 11.9. The predicted molar refractivity (Wildman–Crippen MR) is 93.6 cm³/mol. The molecule has 1 aromatic carbocycles. The summed E-state index contributed by atoms with van der Waals surface area (Å²) in [6.07, 6.45) is 0.789. The zero-order chi connectivity index (χ0) is 17.1. The van der Waals surface area contributed by atoms with Crippen molar-refractivity contribution in [2.75, 3.05) is 26.1 Å². The van der Waals surface area contributed by atoms with E-state index in [-0.39, 0.29) is 5.56 Å². The molecule has 0 amide bonds. The number of nitrogens with zero attached hydrogens (tertiary/aromatic N) is 3. The molecule has 24 heavy (non-hydrogen) atoms. The fourth-order valence-electron chi connectivity index (χ4n) is 2.34. The van der Waals surface area contributed by atoms with Crippen LogP contribution in [0.2, 0.25) is 0 Å². The fourth-order valence-corrected chi connectivity index (χ4v) is 3.22. The summed E-state index contributed by atoms with van der Waals surface area (Å²) >= 11 is 1.36. The number of hydrogen-bond donors (Lipinski definition) is 1. The van der Waals surface area contributed by atoms with Gasteiger partial charge < -0.3 is 14.8 Å². The van der Waals surface area contributed by atoms with E-state index in [1.54, 1.807) is 21.1 Å². The molecule has 0 bridgehead atoms. The summed E-state index contributed by atoms with van der Waals surface area (Å²) in [6, 6.07) is 7.31. The van der Waals surface area contributed by atoms with E-state index in [2.05, 4.69) is 15.4 Å². The SMILES string of the molecule is COc1ccc(CCNc2nn3c(=O)cc(C)nc3s2)cc1OC.